The second-order valence-electron chi connectivity index (χ2n) is 7.39. The van der Waals surface area contributed by atoms with E-state index in [9.17, 15) is 4.79 Å². The van der Waals surface area contributed by atoms with E-state index in [0.29, 0.717) is 6.61 Å². The summed E-state index contributed by atoms with van der Waals surface area (Å²) >= 11 is 0. The van der Waals surface area contributed by atoms with E-state index in [1.54, 1.807) is 0 Å². The quantitative estimate of drug-likeness (QED) is 0.343. The van der Waals surface area contributed by atoms with Crippen molar-refractivity contribution >= 4 is 11.9 Å². The fraction of sp³-hybridized carbons (Fsp3) is 0.895. The molecule has 1 atom stereocenters. The minimum Gasteiger partial charge on any atom is -0.466 e. The van der Waals surface area contributed by atoms with Crippen LogP contribution in [0.25, 0.3) is 0 Å². The number of guanidine groups is 1. The third kappa shape index (κ3) is 6.49. The maximum Gasteiger partial charge on any atom is 0.309 e. The Morgan fingerprint density at radius 1 is 1.24 bits per heavy atom. The number of nitrogens with zero attached hydrogens (tertiary/aromatic N) is 3. The molecule has 0 spiro atoms. The van der Waals surface area contributed by atoms with Gasteiger partial charge in [-0.2, -0.15) is 0 Å². The average Bonchev–Trinajstić information content (AvgIpc) is 2.62. The first-order valence-electron chi connectivity index (χ1n) is 9.98. The number of carbonyl (C=O) groups is 1. The van der Waals surface area contributed by atoms with Gasteiger partial charge in [-0.3, -0.25) is 9.79 Å². The van der Waals surface area contributed by atoms with Crippen molar-refractivity contribution in [3.63, 3.8) is 0 Å². The van der Waals surface area contributed by atoms with Gasteiger partial charge in [0.05, 0.1) is 12.5 Å². The highest BCUT2D eigenvalue weighted by molar-refractivity contribution is 5.80. The molecule has 2 rings (SSSR count). The SMILES string of the molecule is CCOC(=O)C1CCN(C(=NC)NCCCN2CCCC(C)C2)CC1. The summed E-state index contributed by atoms with van der Waals surface area (Å²) in [5.74, 6) is 1.82. The molecule has 144 valence electrons. The van der Waals surface area contributed by atoms with Gasteiger partial charge in [0, 0.05) is 33.2 Å². The first-order chi connectivity index (χ1) is 12.1. The van der Waals surface area contributed by atoms with Crippen LogP contribution in [0.2, 0.25) is 0 Å². The van der Waals surface area contributed by atoms with Crippen molar-refractivity contribution in [2.45, 2.75) is 46.0 Å². The summed E-state index contributed by atoms with van der Waals surface area (Å²) in [5.41, 5.74) is 0. The van der Waals surface area contributed by atoms with Gasteiger partial charge >= 0.3 is 5.97 Å². The zero-order chi connectivity index (χ0) is 18.1. The smallest absolute Gasteiger partial charge is 0.309 e. The second-order valence-corrected chi connectivity index (χ2v) is 7.39. The summed E-state index contributed by atoms with van der Waals surface area (Å²) in [7, 11) is 1.84. The highest BCUT2D eigenvalue weighted by atomic mass is 16.5. The molecule has 0 aromatic rings. The van der Waals surface area contributed by atoms with Crippen LogP contribution in [0.4, 0.5) is 0 Å². The molecule has 0 radical (unpaired) electrons. The van der Waals surface area contributed by atoms with Gasteiger partial charge in [-0.15, -0.1) is 0 Å². The zero-order valence-corrected chi connectivity index (χ0v) is 16.3. The van der Waals surface area contributed by atoms with Crippen molar-refractivity contribution in [1.29, 1.82) is 0 Å². The lowest BCUT2D eigenvalue weighted by molar-refractivity contribution is -0.149. The average molecular weight is 353 g/mol. The lowest BCUT2D eigenvalue weighted by Gasteiger charge is -2.33. The summed E-state index contributed by atoms with van der Waals surface area (Å²) < 4.78 is 5.14. The minimum absolute atomic E-state index is 0.0409. The minimum atomic E-state index is -0.0409. The van der Waals surface area contributed by atoms with E-state index in [2.05, 4.69) is 27.0 Å². The first kappa shape index (κ1) is 20.0. The van der Waals surface area contributed by atoms with E-state index >= 15 is 0 Å². The summed E-state index contributed by atoms with van der Waals surface area (Å²) in [6.45, 7) is 11.0. The molecule has 2 fully saturated rings. The van der Waals surface area contributed by atoms with Crippen LogP contribution in [0.5, 0.6) is 0 Å². The molecule has 1 unspecified atom stereocenters. The van der Waals surface area contributed by atoms with E-state index < -0.39 is 0 Å². The number of aliphatic imine (C=N–C) groups is 1. The number of esters is 1. The largest absolute Gasteiger partial charge is 0.466 e. The highest BCUT2D eigenvalue weighted by Gasteiger charge is 2.27. The molecule has 0 amide bonds. The standard InChI is InChI=1S/C19H36N4O2/c1-4-25-18(24)17-8-13-23(14-9-17)19(20-3)21-10-6-12-22-11-5-7-16(2)15-22/h16-17H,4-15H2,1-3H3,(H,20,21). The molecule has 6 nitrogen and oxygen atoms in total. The maximum absolute atomic E-state index is 11.8. The molecular formula is C19H36N4O2. The van der Waals surface area contributed by atoms with Gasteiger partial charge in [-0.1, -0.05) is 6.92 Å². The van der Waals surface area contributed by atoms with Crippen LogP contribution in [-0.4, -0.2) is 74.7 Å². The predicted molar refractivity (Wildman–Crippen MR) is 102 cm³/mol. The van der Waals surface area contributed by atoms with E-state index in [4.69, 9.17) is 4.74 Å². The Kier molecular flexibility index (Phi) is 8.52. The first-order valence-corrected chi connectivity index (χ1v) is 9.98. The van der Waals surface area contributed by atoms with Crippen molar-refractivity contribution < 1.29 is 9.53 Å². The molecule has 6 heteroatoms. The van der Waals surface area contributed by atoms with Crippen molar-refractivity contribution in [1.82, 2.24) is 15.1 Å². The van der Waals surface area contributed by atoms with Crippen LogP contribution >= 0.6 is 0 Å². The second kappa shape index (κ2) is 10.6. The Labute approximate surface area is 153 Å². The molecule has 25 heavy (non-hydrogen) atoms. The van der Waals surface area contributed by atoms with Crippen molar-refractivity contribution in [2.24, 2.45) is 16.8 Å². The molecule has 0 aliphatic carbocycles. The highest BCUT2D eigenvalue weighted by Crippen LogP contribution is 2.19. The zero-order valence-electron chi connectivity index (χ0n) is 16.3. The topological polar surface area (TPSA) is 57.2 Å². The van der Waals surface area contributed by atoms with Crippen molar-refractivity contribution in [3.8, 4) is 0 Å². The number of likely N-dealkylation sites (tertiary alicyclic amines) is 2. The van der Waals surface area contributed by atoms with E-state index in [1.807, 2.05) is 14.0 Å². The molecule has 0 saturated carbocycles. The fourth-order valence-electron chi connectivity index (χ4n) is 3.91. The van der Waals surface area contributed by atoms with Crippen LogP contribution in [0.1, 0.15) is 46.0 Å². The van der Waals surface area contributed by atoms with Crippen LogP contribution in [0.3, 0.4) is 0 Å². The summed E-state index contributed by atoms with van der Waals surface area (Å²) in [6.07, 6.45) is 5.57. The maximum atomic E-state index is 11.8. The van der Waals surface area contributed by atoms with Gasteiger partial charge in [0.25, 0.3) is 0 Å². The lowest BCUT2D eigenvalue weighted by atomic mass is 9.97. The van der Waals surface area contributed by atoms with Gasteiger partial charge in [-0.05, 0) is 58.0 Å². The normalized spacial score (nSPS) is 23.6. The Bertz CT molecular complexity index is 433. The molecule has 2 saturated heterocycles. The van der Waals surface area contributed by atoms with Crippen LogP contribution in [-0.2, 0) is 9.53 Å². The van der Waals surface area contributed by atoms with Gasteiger partial charge in [0.1, 0.15) is 0 Å². The van der Waals surface area contributed by atoms with E-state index in [1.165, 1.54) is 32.5 Å². The van der Waals surface area contributed by atoms with Crippen LogP contribution in [0, 0.1) is 11.8 Å². The van der Waals surface area contributed by atoms with Gasteiger partial charge in [0.15, 0.2) is 5.96 Å². The predicted octanol–water partition coefficient (Wildman–Crippen LogP) is 1.96. The van der Waals surface area contributed by atoms with E-state index in [0.717, 1.165) is 50.8 Å². The van der Waals surface area contributed by atoms with E-state index in [-0.39, 0.29) is 11.9 Å². The number of nitrogens with one attached hydrogen (secondary N) is 1. The van der Waals surface area contributed by atoms with Crippen molar-refractivity contribution in [2.75, 3.05) is 52.9 Å². The van der Waals surface area contributed by atoms with Crippen LogP contribution < -0.4 is 5.32 Å². The Balaban J connectivity index is 1.65. The number of carbonyl (C=O) groups excluding carboxylic acids is 1. The Morgan fingerprint density at radius 3 is 2.64 bits per heavy atom. The van der Waals surface area contributed by atoms with Gasteiger partial charge in [-0.25, -0.2) is 0 Å². The molecule has 0 aromatic carbocycles. The number of hydrogen-bond acceptors (Lipinski definition) is 4. The number of piperidine rings is 2. The molecule has 1 N–H and O–H groups in total. The third-order valence-electron chi connectivity index (χ3n) is 5.30. The number of rotatable bonds is 6. The van der Waals surface area contributed by atoms with Gasteiger partial charge < -0.3 is 19.9 Å². The summed E-state index contributed by atoms with van der Waals surface area (Å²) in [6, 6.07) is 0. The molecule has 0 bridgehead atoms. The number of ether oxygens (including phenoxy) is 1. The summed E-state index contributed by atoms with van der Waals surface area (Å²) in [5, 5.41) is 3.49. The molecule has 0 aromatic heterocycles. The molecule has 2 heterocycles. The Morgan fingerprint density at radius 2 is 2.00 bits per heavy atom. The van der Waals surface area contributed by atoms with Gasteiger partial charge in [0.2, 0.25) is 0 Å². The molecular weight excluding hydrogens is 316 g/mol. The number of hydrogen-bond donors (Lipinski definition) is 1. The summed E-state index contributed by atoms with van der Waals surface area (Å²) in [4.78, 5) is 21.1. The third-order valence-corrected chi connectivity index (χ3v) is 5.30. The Hall–Kier alpha value is -1.30. The molecule has 2 aliphatic heterocycles. The fourth-order valence-corrected chi connectivity index (χ4v) is 3.91. The molecule has 2 aliphatic rings. The monoisotopic (exact) mass is 352 g/mol. The van der Waals surface area contributed by atoms with Crippen LogP contribution in [0.15, 0.2) is 4.99 Å². The van der Waals surface area contributed by atoms with Crippen molar-refractivity contribution in [3.05, 3.63) is 0 Å². The lowest BCUT2D eigenvalue weighted by Crippen LogP contribution is -2.47.